The van der Waals surface area contributed by atoms with Crippen LogP contribution < -0.4 is 5.32 Å². The van der Waals surface area contributed by atoms with Crippen LogP contribution in [-0.2, 0) is 16.1 Å². The van der Waals surface area contributed by atoms with Crippen LogP contribution >= 0.6 is 15.9 Å². The number of carbonyl (C=O) groups excluding carboxylic acids is 2. The van der Waals surface area contributed by atoms with E-state index in [1.807, 2.05) is 13.8 Å². The first-order valence-electron chi connectivity index (χ1n) is 6.91. The lowest BCUT2D eigenvalue weighted by Crippen LogP contribution is -2.47. The number of nitrogens with zero attached hydrogens (tertiary/aromatic N) is 1. The maximum atomic E-state index is 13.6. The molecule has 2 rings (SSSR count). The Morgan fingerprint density at radius 1 is 1.43 bits per heavy atom. The van der Waals surface area contributed by atoms with Crippen LogP contribution in [0.25, 0.3) is 0 Å². The SMILES string of the molecule is CC(C)C1NC(=O)CCN(Cc2cccc(F)c2Br)C1=O. The van der Waals surface area contributed by atoms with Crippen LogP contribution in [0, 0.1) is 11.7 Å². The van der Waals surface area contributed by atoms with Gasteiger partial charge < -0.3 is 10.2 Å². The van der Waals surface area contributed by atoms with E-state index in [4.69, 9.17) is 0 Å². The zero-order valence-corrected chi connectivity index (χ0v) is 13.6. The molecule has 0 bridgehead atoms. The molecule has 1 atom stereocenters. The zero-order chi connectivity index (χ0) is 15.6. The Kier molecular flexibility index (Phi) is 4.98. The van der Waals surface area contributed by atoms with Crippen LogP contribution in [0.4, 0.5) is 4.39 Å². The van der Waals surface area contributed by atoms with Gasteiger partial charge in [-0.2, -0.15) is 0 Å². The van der Waals surface area contributed by atoms with Crippen molar-refractivity contribution in [2.45, 2.75) is 32.9 Å². The molecule has 0 radical (unpaired) electrons. The molecule has 1 aliphatic rings. The van der Waals surface area contributed by atoms with Gasteiger partial charge in [0.1, 0.15) is 11.9 Å². The molecule has 1 N–H and O–H groups in total. The van der Waals surface area contributed by atoms with Gasteiger partial charge in [-0.15, -0.1) is 0 Å². The first kappa shape index (κ1) is 15.9. The average Bonchev–Trinajstić information content (AvgIpc) is 2.57. The number of carbonyl (C=O) groups is 2. The van der Waals surface area contributed by atoms with Crippen molar-refractivity contribution < 1.29 is 14.0 Å². The molecule has 2 amide bonds. The van der Waals surface area contributed by atoms with Crippen molar-refractivity contribution in [1.29, 1.82) is 0 Å². The molecule has 0 saturated carbocycles. The van der Waals surface area contributed by atoms with E-state index < -0.39 is 6.04 Å². The lowest BCUT2D eigenvalue weighted by atomic mass is 10.0. The van der Waals surface area contributed by atoms with E-state index in [0.29, 0.717) is 16.6 Å². The molecule has 1 fully saturated rings. The first-order valence-corrected chi connectivity index (χ1v) is 7.70. The molecule has 4 nitrogen and oxygen atoms in total. The second kappa shape index (κ2) is 6.56. The Hall–Kier alpha value is -1.43. The molecule has 1 aromatic rings. The molecular formula is C15H18BrFN2O2. The van der Waals surface area contributed by atoms with E-state index >= 15 is 0 Å². The highest BCUT2D eigenvalue weighted by molar-refractivity contribution is 9.10. The second-order valence-corrected chi connectivity index (χ2v) is 6.30. The van der Waals surface area contributed by atoms with E-state index in [1.54, 1.807) is 17.0 Å². The Morgan fingerprint density at radius 3 is 2.81 bits per heavy atom. The van der Waals surface area contributed by atoms with Gasteiger partial charge in [-0.05, 0) is 33.5 Å². The summed E-state index contributed by atoms with van der Waals surface area (Å²) in [5, 5.41) is 2.75. The smallest absolute Gasteiger partial charge is 0.245 e. The summed E-state index contributed by atoms with van der Waals surface area (Å²) < 4.78 is 13.9. The zero-order valence-electron chi connectivity index (χ0n) is 12.0. The Labute approximate surface area is 131 Å². The van der Waals surface area contributed by atoms with Gasteiger partial charge in [0.25, 0.3) is 0 Å². The molecule has 1 saturated heterocycles. The minimum Gasteiger partial charge on any atom is -0.344 e. The van der Waals surface area contributed by atoms with Crippen molar-refractivity contribution in [2.24, 2.45) is 5.92 Å². The summed E-state index contributed by atoms with van der Waals surface area (Å²) in [6.45, 7) is 4.42. The van der Waals surface area contributed by atoms with Crippen LogP contribution in [0.15, 0.2) is 22.7 Å². The van der Waals surface area contributed by atoms with Crippen molar-refractivity contribution in [3.05, 3.63) is 34.1 Å². The maximum Gasteiger partial charge on any atom is 0.245 e. The van der Waals surface area contributed by atoms with E-state index in [-0.39, 0.29) is 36.5 Å². The molecule has 0 spiro atoms. The van der Waals surface area contributed by atoms with Crippen molar-refractivity contribution >= 4 is 27.7 Å². The molecular weight excluding hydrogens is 339 g/mol. The number of hydrogen-bond donors (Lipinski definition) is 1. The third kappa shape index (κ3) is 3.61. The minimum absolute atomic E-state index is 0.0120. The Morgan fingerprint density at radius 2 is 2.14 bits per heavy atom. The van der Waals surface area contributed by atoms with Gasteiger partial charge in [0.2, 0.25) is 11.8 Å². The van der Waals surface area contributed by atoms with Crippen molar-refractivity contribution in [2.75, 3.05) is 6.54 Å². The van der Waals surface area contributed by atoms with E-state index in [1.165, 1.54) is 6.07 Å². The predicted octanol–water partition coefficient (Wildman–Crippen LogP) is 2.46. The summed E-state index contributed by atoms with van der Waals surface area (Å²) in [5.41, 5.74) is 0.695. The fourth-order valence-corrected chi connectivity index (χ4v) is 2.73. The summed E-state index contributed by atoms with van der Waals surface area (Å²) in [7, 11) is 0. The van der Waals surface area contributed by atoms with Gasteiger partial charge >= 0.3 is 0 Å². The molecule has 1 unspecified atom stereocenters. The number of benzene rings is 1. The monoisotopic (exact) mass is 356 g/mol. The number of rotatable bonds is 3. The van der Waals surface area contributed by atoms with Crippen LogP contribution in [0.5, 0.6) is 0 Å². The van der Waals surface area contributed by atoms with E-state index in [0.717, 1.165) is 0 Å². The molecule has 21 heavy (non-hydrogen) atoms. The van der Waals surface area contributed by atoms with Gasteiger partial charge in [-0.25, -0.2) is 4.39 Å². The normalized spacial score (nSPS) is 19.7. The average molecular weight is 357 g/mol. The summed E-state index contributed by atoms with van der Waals surface area (Å²) >= 11 is 3.21. The van der Waals surface area contributed by atoms with Gasteiger partial charge in [0.05, 0.1) is 4.47 Å². The molecule has 0 aliphatic carbocycles. The molecule has 6 heteroatoms. The van der Waals surface area contributed by atoms with Crippen molar-refractivity contribution in [3.63, 3.8) is 0 Å². The predicted molar refractivity (Wildman–Crippen MR) is 80.9 cm³/mol. The summed E-state index contributed by atoms with van der Waals surface area (Å²) in [4.78, 5) is 25.9. The Bertz CT molecular complexity index is 563. The standard InChI is InChI=1S/C15H18BrFN2O2/c1-9(2)14-15(21)19(7-6-12(20)18-14)8-10-4-3-5-11(17)13(10)16/h3-5,9,14H,6-8H2,1-2H3,(H,18,20). The minimum atomic E-state index is -0.521. The third-order valence-corrected chi connectivity index (χ3v) is 4.45. The van der Waals surface area contributed by atoms with Gasteiger partial charge in [0, 0.05) is 19.5 Å². The summed E-state index contributed by atoms with van der Waals surface area (Å²) in [5.74, 6) is -0.586. The van der Waals surface area contributed by atoms with Gasteiger partial charge in [-0.3, -0.25) is 9.59 Å². The van der Waals surface area contributed by atoms with Crippen molar-refractivity contribution in [3.8, 4) is 0 Å². The van der Waals surface area contributed by atoms with Gasteiger partial charge in [0.15, 0.2) is 0 Å². The molecule has 1 aliphatic heterocycles. The molecule has 1 aromatic carbocycles. The third-order valence-electron chi connectivity index (χ3n) is 3.56. The van der Waals surface area contributed by atoms with Gasteiger partial charge in [-0.1, -0.05) is 26.0 Å². The topological polar surface area (TPSA) is 49.4 Å². The quantitative estimate of drug-likeness (QED) is 0.904. The van der Waals surface area contributed by atoms with Crippen LogP contribution in [0.1, 0.15) is 25.8 Å². The fourth-order valence-electron chi connectivity index (χ4n) is 2.34. The Balaban J connectivity index is 2.23. The fraction of sp³-hybridized carbons (Fsp3) is 0.467. The van der Waals surface area contributed by atoms with E-state index in [9.17, 15) is 14.0 Å². The molecule has 0 aromatic heterocycles. The number of nitrogens with one attached hydrogen (secondary N) is 1. The van der Waals surface area contributed by atoms with Crippen LogP contribution in [-0.4, -0.2) is 29.3 Å². The number of hydrogen-bond acceptors (Lipinski definition) is 2. The van der Waals surface area contributed by atoms with Crippen LogP contribution in [0.3, 0.4) is 0 Å². The summed E-state index contributed by atoms with van der Waals surface area (Å²) in [6, 6.07) is 4.22. The van der Waals surface area contributed by atoms with Crippen molar-refractivity contribution in [1.82, 2.24) is 10.2 Å². The maximum absolute atomic E-state index is 13.6. The number of halogens is 2. The first-order chi connectivity index (χ1) is 9.90. The number of amides is 2. The summed E-state index contributed by atoms with van der Waals surface area (Å²) in [6.07, 6.45) is 0.266. The lowest BCUT2D eigenvalue weighted by Gasteiger charge is -2.26. The molecule has 1 heterocycles. The highest BCUT2D eigenvalue weighted by atomic mass is 79.9. The highest BCUT2D eigenvalue weighted by Crippen LogP contribution is 2.23. The largest absolute Gasteiger partial charge is 0.344 e. The van der Waals surface area contributed by atoms with E-state index in [2.05, 4.69) is 21.2 Å². The molecule has 114 valence electrons. The lowest BCUT2D eigenvalue weighted by molar-refractivity contribution is -0.135. The second-order valence-electron chi connectivity index (χ2n) is 5.51. The highest BCUT2D eigenvalue weighted by Gasteiger charge is 2.32. The van der Waals surface area contributed by atoms with Crippen LogP contribution in [0.2, 0.25) is 0 Å².